The number of fused-ring (bicyclic) bond motifs is 5. The van der Waals surface area contributed by atoms with Gasteiger partial charge in [-0.2, -0.15) is 0 Å². The first-order valence-electron chi connectivity index (χ1n) is 10.7. The van der Waals surface area contributed by atoms with Crippen LogP contribution in [0, 0.1) is 34.5 Å². The molecule has 0 aromatic carbocycles. The van der Waals surface area contributed by atoms with Gasteiger partial charge in [0, 0.05) is 5.41 Å². The Morgan fingerprint density at radius 1 is 1.19 bits per heavy atom. The zero-order valence-electron chi connectivity index (χ0n) is 16.3. The molecular weight excluding hydrogens is 328 g/mol. The fourth-order valence-electron chi connectivity index (χ4n) is 7.32. The number of aliphatic hydroxyl groups excluding tert-OH is 1. The van der Waals surface area contributed by atoms with Crippen molar-refractivity contribution < 1.29 is 19.4 Å². The van der Waals surface area contributed by atoms with Crippen LogP contribution in [0.5, 0.6) is 0 Å². The number of rotatable bonds is 3. The second-order valence-electron chi connectivity index (χ2n) is 9.31. The van der Waals surface area contributed by atoms with E-state index in [9.17, 15) is 9.90 Å². The molecule has 1 N–H and O–H groups in total. The molecule has 0 radical (unpaired) electrons. The van der Waals surface area contributed by atoms with Crippen LogP contribution in [0.3, 0.4) is 0 Å². The Bertz CT molecular complexity index is 572. The summed E-state index contributed by atoms with van der Waals surface area (Å²) in [6.07, 6.45) is 13.7. The fourth-order valence-corrected chi connectivity index (χ4v) is 7.32. The van der Waals surface area contributed by atoms with E-state index < -0.39 is 12.4 Å². The molecule has 4 heteroatoms. The van der Waals surface area contributed by atoms with Crippen LogP contribution in [0.1, 0.15) is 71.6 Å². The lowest BCUT2D eigenvalue weighted by Gasteiger charge is -2.59. The highest BCUT2D eigenvalue weighted by Crippen LogP contribution is 2.66. The molecule has 7 atom stereocenters. The summed E-state index contributed by atoms with van der Waals surface area (Å²) in [6, 6.07) is 0. The predicted molar refractivity (Wildman–Crippen MR) is 99.3 cm³/mol. The minimum atomic E-state index is -1.03. The van der Waals surface area contributed by atoms with Gasteiger partial charge in [0.25, 0.3) is 0 Å². The number of allylic oxidation sites excluding steroid dienone is 2. The highest BCUT2D eigenvalue weighted by Gasteiger charge is 2.61. The van der Waals surface area contributed by atoms with Crippen molar-refractivity contribution >= 4 is 6.16 Å². The summed E-state index contributed by atoms with van der Waals surface area (Å²) in [5.41, 5.74) is 0.0678. The van der Waals surface area contributed by atoms with Crippen LogP contribution in [0.15, 0.2) is 12.2 Å². The lowest BCUT2D eigenvalue weighted by molar-refractivity contribution is -0.201. The molecule has 0 spiro atoms. The summed E-state index contributed by atoms with van der Waals surface area (Å²) in [5, 5.41) is 10.9. The smallest absolute Gasteiger partial charge is 0.435 e. The van der Waals surface area contributed by atoms with E-state index in [1.165, 1.54) is 25.7 Å². The first-order chi connectivity index (χ1) is 12.5. The normalized spacial score (nSPS) is 45.2. The third-order valence-corrected chi connectivity index (χ3v) is 8.50. The average molecular weight is 363 g/mol. The number of hydrogen-bond acceptors (Lipinski definition) is 4. The molecule has 3 saturated carbocycles. The maximum atomic E-state index is 11.8. The van der Waals surface area contributed by atoms with Crippen molar-refractivity contribution in [1.82, 2.24) is 0 Å². The second kappa shape index (κ2) is 6.85. The van der Waals surface area contributed by atoms with Gasteiger partial charge in [-0.15, -0.1) is 0 Å². The van der Waals surface area contributed by atoms with Gasteiger partial charge in [-0.25, -0.2) is 4.79 Å². The van der Waals surface area contributed by atoms with Gasteiger partial charge in [0.15, 0.2) is 0 Å². The van der Waals surface area contributed by atoms with E-state index in [-0.39, 0.29) is 12.0 Å². The van der Waals surface area contributed by atoms with Gasteiger partial charge in [0.05, 0.1) is 6.61 Å². The van der Waals surface area contributed by atoms with E-state index in [2.05, 4.69) is 19.1 Å². The highest BCUT2D eigenvalue weighted by molar-refractivity contribution is 5.60. The molecule has 0 aromatic rings. The zero-order valence-corrected chi connectivity index (χ0v) is 16.3. The molecule has 146 valence electrons. The molecule has 4 aliphatic carbocycles. The molecule has 4 aliphatic rings. The molecule has 0 saturated heterocycles. The number of aliphatic hydroxyl groups is 1. The van der Waals surface area contributed by atoms with Crippen LogP contribution in [0.25, 0.3) is 0 Å². The number of ether oxygens (including phenoxy) is 2. The minimum Gasteiger partial charge on any atom is -0.435 e. The van der Waals surface area contributed by atoms with E-state index in [0.717, 1.165) is 38.0 Å². The molecule has 0 bridgehead atoms. The molecular formula is C22H34O4. The van der Waals surface area contributed by atoms with E-state index in [4.69, 9.17) is 9.47 Å². The predicted octanol–water partition coefficient (Wildman–Crippen LogP) is 5.06. The zero-order chi connectivity index (χ0) is 18.4. The van der Waals surface area contributed by atoms with Crippen molar-refractivity contribution in [3.8, 4) is 0 Å². The molecule has 2 unspecified atom stereocenters. The first kappa shape index (κ1) is 18.3. The monoisotopic (exact) mass is 362 g/mol. The molecule has 0 aliphatic heterocycles. The second-order valence-corrected chi connectivity index (χ2v) is 9.31. The average Bonchev–Trinajstić information content (AvgIpc) is 3.07. The Kier molecular flexibility index (Phi) is 4.83. The van der Waals surface area contributed by atoms with E-state index >= 15 is 0 Å². The van der Waals surface area contributed by atoms with Gasteiger partial charge in [0.2, 0.25) is 6.29 Å². The minimum absolute atomic E-state index is 0.254. The Morgan fingerprint density at radius 2 is 2.04 bits per heavy atom. The maximum Gasteiger partial charge on any atom is 0.510 e. The van der Waals surface area contributed by atoms with Gasteiger partial charge in [-0.3, -0.25) is 0 Å². The van der Waals surface area contributed by atoms with E-state index in [1.54, 1.807) is 6.92 Å². The molecule has 4 rings (SSSR count). The third-order valence-electron chi connectivity index (χ3n) is 8.50. The Labute approximate surface area is 157 Å². The van der Waals surface area contributed by atoms with Crippen LogP contribution in [-0.4, -0.2) is 24.2 Å². The van der Waals surface area contributed by atoms with Crippen LogP contribution in [0.2, 0.25) is 0 Å². The van der Waals surface area contributed by atoms with Crippen molar-refractivity contribution in [2.75, 3.05) is 6.61 Å². The Hall–Kier alpha value is -1.03. The molecule has 0 heterocycles. The van der Waals surface area contributed by atoms with Crippen molar-refractivity contribution in [3.63, 3.8) is 0 Å². The van der Waals surface area contributed by atoms with E-state index in [1.807, 2.05) is 0 Å². The lowest BCUT2D eigenvalue weighted by Crippen LogP contribution is -2.54. The molecule has 0 amide bonds. The lowest BCUT2D eigenvalue weighted by atomic mass is 9.46. The van der Waals surface area contributed by atoms with Crippen LogP contribution < -0.4 is 0 Å². The van der Waals surface area contributed by atoms with Crippen LogP contribution in [-0.2, 0) is 9.47 Å². The standard InChI is InChI=1S/C22H34O4/c1-3-25-20(24)26-19(23)22-13-6-8-18(22)16-10-9-15-7-4-5-12-21(15,2)17(16)11-14-22/h5,12,15-19,23H,3-4,6-11,13-14H2,1-2H3/t15?,16-,17+,18+,19?,21+,22-/m1/s1. The number of hydrogen-bond donors (Lipinski definition) is 1. The summed E-state index contributed by atoms with van der Waals surface area (Å²) >= 11 is 0. The maximum absolute atomic E-state index is 11.8. The van der Waals surface area contributed by atoms with Crippen molar-refractivity contribution in [2.24, 2.45) is 34.5 Å². The van der Waals surface area contributed by atoms with Crippen molar-refractivity contribution in [2.45, 2.75) is 77.9 Å². The molecule has 3 fully saturated rings. The summed E-state index contributed by atoms with van der Waals surface area (Å²) in [4.78, 5) is 11.8. The number of carbonyl (C=O) groups excluding carboxylic acids is 1. The SMILES string of the molecule is CCOC(=O)OC(O)[C@@]12CCC[C@H]1[C@@H]1CCC3CCC=C[C@]3(C)[C@H]1CC2. The topological polar surface area (TPSA) is 55.8 Å². The molecule has 26 heavy (non-hydrogen) atoms. The summed E-state index contributed by atoms with van der Waals surface area (Å²) in [5.74, 6) is 2.65. The van der Waals surface area contributed by atoms with Crippen LogP contribution >= 0.6 is 0 Å². The number of carbonyl (C=O) groups is 1. The Morgan fingerprint density at radius 3 is 2.85 bits per heavy atom. The molecule has 4 nitrogen and oxygen atoms in total. The van der Waals surface area contributed by atoms with E-state index in [0.29, 0.717) is 23.2 Å². The van der Waals surface area contributed by atoms with Gasteiger partial charge in [0.1, 0.15) is 0 Å². The van der Waals surface area contributed by atoms with Gasteiger partial charge in [-0.05, 0) is 87.4 Å². The van der Waals surface area contributed by atoms with Gasteiger partial charge in [-0.1, -0.05) is 25.5 Å². The third kappa shape index (κ3) is 2.71. The first-order valence-corrected chi connectivity index (χ1v) is 10.7. The van der Waals surface area contributed by atoms with Crippen molar-refractivity contribution in [1.29, 1.82) is 0 Å². The van der Waals surface area contributed by atoms with Gasteiger partial charge < -0.3 is 14.6 Å². The summed E-state index contributed by atoms with van der Waals surface area (Å²) < 4.78 is 10.2. The largest absolute Gasteiger partial charge is 0.510 e. The Balaban J connectivity index is 1.57. The highest BCUT2D eigenvalue weighted by atomic mass is 16.8. The summed E-state index contributed by atoms with van der Waals surface area (Å²) in [7, 11) is 0. The van der Waals surface area contributed by atoms with Crippen LogP contribution in [0.4, 0.5) is 4.79 Å². The summed E-state index contributed by atoms with van der Waals surface area (Å²) in [6.45, 7) is 4.52. The quantitative estimate of drug-likeness (QED) is 0.433. The van der Waals surface area contributed by atoms with Gasteiger partial charge >= 0.3 is 6.16 Å². The fraction of sp³-hybridized carbons (Fsp3) is 0.864. The van der Waals surface area contributed by atoms with Crippen molar-refractivity contribution in [3.05, 3.63) is 12.2 Å². The molecule has 0 aromatic heterocycles.